The standard InChI is InChI=1S/C17H24FN3/c1-2-11-21-15-10-6-8-13(18)16(15)20-17(21)12-7-4-3-5-9-14(12)19/h6,8,10,12,14H,2-5,7,9,11,19H2,1H3. The summed E-state index contributed by atoms with van der Waals surface area (Å²) in [5, 5.41) is 0. The third kappa shape index (κ3) is 2.69. The second-order valence-corrected chi connectivity index (χ2v) is 6.14. The van der Waals surface area contributed by atoms with Crippen molar-refractivity contribution in [1.29, 1.82) is 0 Å². The number of para-hydroxylation sites is 1. The van der Waals surface area contributed by atoms with Gasteiger partial charge in [0.2, 0.25) is 0 Å². The molecule has 3 rings (SSSR count). The molecule has 1 aromatic heterocycles. The first-order valence-electron chi connectivity index (χ1n) is 8.12. The van der Waals surface area contributed by atoms with Crippen LogP contribution in [-0.4, -0.2) is 15.6 Å². The molecule has 0 spiro atoms. The summed E-state index contributed by atoms with van der Waals surface area (Å²) in [4.78, 5) is 4.65. The van der Waals surface area contributed by atoms with Crippen LogP contribution in [0.15, 0.2) is 18.2 Å². The van der Waals surface area contributed by atoms with Crippen molar-refractivity contribution in [3.05, 3.63) is 29.8 Å². The van der Waals surface area contributed by atoms with E-state index in [1.54, 1.807) is 6.07 Å². The number of benzene rings is 1. The second-order valence-electron chi connectivity index (χ2n) is 6.14. The van der Waals surface area contributed by atoms with E-state index in [2.05, 4.69) is 16.5 Å². The largest absolute Gasteiger partial charge is 0.328 e. The summed E-state index contributed by atoms with van der Waals surface area (Å²) in [5.74, 6) is 1.02. The van der Waals surface area contributed by atoms with Crippen molar-refractivity contribution in [2.75, 3.05) is 0 Å². The molecular formula is C17H24FN3. The van der Waals surface area contributed by atoms with Gasteiger partial charge in [0.15, 0.2) is 5.82 Å². The van der Waals surface area contributed by atoms with Crippen molar-refractivity contribution < 1.29 is 4.39 Å². The number of hydrogen-bond donors (Lipinski definition) is 1. The summed E-state index contributed by atoms with van der Waals surface area (Å²) in [5.41, 5.74) is 7.79. The monoisotopic (exact) mass is 289 g/mol. The maximum absolute atomic E-state index is 14.1. The molecule has 0 aliphatic heterocycles. The molecule has 114 valence electrons. The van der Waals surface area contributed by atoms with Gasteiger partial charge in [0.25, 0.3) is 0 Å². The number of nitrogens with two attached hydrogens (primary N) is 1. The maximum Gasteiger partial charge on any atom is 0.151 e. The molecule has 0 saturated heterocycles. The molecule has 1 aliphatic carbocycles. The van der Waals surface area contributed by atoms with Gasteiger partial charge in [-0.1, -0.05) is 32.3 Å². The Bertz CT molecular complexity index is 620. The van der Waals surface area contributed by atoms with E-state index in [1.165, 1.54) is 25.3 Å². The first-order valence-corrected chi connectivity index (χ1v) is 8.12. The number of nitrogens with zero attached hydrogens (tertiary/aromatic N) is 2. The molecule has 0 amide bonds. The smallest absolute Gasteiger partial charge is 0.151 e. The zero-order chi connectivity index (χ0) is 14.8. The highest BCUT2D eigenvalue weighted by Crippen LogP contribution is 2.33. The highest BCUT2D eigenvalue weighted by atomic mass is 19.1. The number of rotatable bonds is 3. The lowest BCUT2D eigenvalue weighted by atomic mass is 9.94. The average molecular weight is 289 g/mol. The van der Waals surface area contributed by atoms with Gasteiger partial charge in [-0.25, -0.2) is 9.37 Å². The predicted octanol–water partition coefficient (Wildman–Crippen LogP) is 3.96. The van der Waals surface area contributed by atoms with Crippen LogP contribution in [0.2, 0.25) is 0 Å². The van der Waals surface area contributed by atoms with Crippen molar-refractivity contribution in [2.24, 2.45) is 5.73 Å². The van der Waals surface area contributed by atoms with E-state index in [9.17, 15) is 4.39 Å². The van der Waals surface area contributed by atoms with Crippen LogP contribution >= 0.6 is 0 Å². The molecule has 2 unspecified atom stereocenters. The molecule has 1 aliphatic rings. The molecule has 21 heavy (non-hydrogen) atoms. The van der Waals surface area contributed by atoms with E-state index in [1.807, 2.05) is 6.07 Å². The number of imidazole rings is 1. The summed E-state index contributed by atoms with van der Waals surface area (Å²) < 4.78 is 16.2. The van der Waals surface area contributed by atoms with Crippen LogP contribution in [0.3, 0.4) is 0 Å². The van der Waals surface area contributed by atoms with Crippen molar-refractivity contribution in [3.8, 4) is 0 Å². The predicted molar refractivity (Wildman–Crippen MR) is 83.8 cm³/mol. The van der Waals surface area contributed by atoms with Crippen LogP contribution in [-0.2, 0) is 6.54 Å². The molecular weight excluding hydrogens is 265 g/mol. The molecule has 1 fully saturated rings. The summed E-state index contributed by atoms with van der Waals surface area (Å²) in [6, 6.07) is 5.36. The van der Waals surface area contributed by atoms with Gasteiger partial charge < -0.3 is 10.3 Å². The fourth-order valence-electron chi connectivity index (χ4n) is 3.53. The van der Waals surface area contributed by atoms with Crippen LogP contribution in [0.1, 0.15) is 57.2 Å². The second kappa shape index (κ2) is 6.14. The Hall–Kier alpha value is -1.42. The maximum atomic E-state index is 14.1. The van der Waals surface area contributed by atoms with Crippen LogP contribution in [0, 0.1) is 5.82 Å². The number of fused-ring (bicyclic) bond motifs is 1. The van der Waals surface area contributed by atoms with Gasteiger partial charge in [-0.05, 0) is 31.4 Å². The van der Waals surface area contributed by atoms with E-state index in [0.29, 0.717) is 5.52 Å². The molecule has 3 nitrogen and oxygen atoms in total. The fourth-order valence-corrected chi connectivity index (χ4v) is 3.53. The highest BCUT2D eigenvalue weighted by molar-refractivity contribution is 5.76. The zero-order valence-electron chi connectivity index (χ0n) is 12.7. The summed E-state index contributed by atoms with van der Waals surface area (Å²) in [7, 11) is 0. The third-order valence-corrected chi connectivity index (χ3v) is 4.61. The minimum absolute atomic E-state index is 0.142. The minimum Gasteiger partial charge on any atom is -0.328 e. The molecule has 1 heterocycles. The Morgan fingerprint density at radius 3 is 2.90 bits per heavy atom. The fraction of sp³-hybridized carbons (Fsp3) is 0.588. The van der Waals surface area contributed by atoms with Gasteiger partial charge in [-0.15, -0.1) is 0 Å². The first kappa shape index (κ1) is 14.5. The van der Waals surface area contributed by atoms with Gasteiger partial charge >= 0.3 is 0 Å². The van der Waals surface area contributed by atoms with E-state index in [0.717, 1.165) is 37.1 Å². The SMILES string of the molecule is CCCn1c(C2CCCCCC2N)nc2c(F)cccc21. The molecule has 2 aromatic rings. The van der Waals surface area contributed by atoms with E-state index < -0.39 is 0 Å². The molecule has 0 radical (unpaired) electrons. The Kier molecular flexibility index (Phi) is 4.24. The lowest BCUT2D eigenvalue weighted by Gasteiger charge is -2.22. The van der Waals surface area contributed by atoms with Gasteiger partial charge in [0, 0.05) is 18.5 Å². The number of aromatic nitrogens is 2. The topological polar surface area (TPSA) is 43.8 Å². The quantitative estimate of drug-likeness (QED) is 0.869. The summed E-state index contributed by atoms with van der Waals surface area (Å²) in [6.07, 6.45) is 6.75. The van der Waals surface area contributed by atoms with E-state index in [4.69, 9.17) is 5.73 Å². The summed E-state index contributed by atoms with van der Waals surface area (Å²) in [6.45, 7) is 3.01. The van der Waals surface area contributed by atoms with Gasteiger partial charge in [-0.3, -0.25) is 0 Å². The van der Waals surface area contributed by atoms with Crippen LogP contribution < -0.4 is 5.73 Å². The van der Waals surface area contributed by atoms with Crippen molar-refractivity contribution in [3.63, 3.8) is 0 Å². The molecule has 2 atom stereocenters. The van der Waals surface area contributed by atoms with Gasteiger partial charge in [0.05, 0.1) is 5.52 Å². The van der Waals surface area contributed by atoms with E-state index in [-0.39, 0.29) is 17.8 Å². The summed E-state index contributed by atoms with van der Waals surface area (Å²) >= 11 is 0. The van der Waals surface area contributed by atoms with E-state index >= 15 is 0 Å². The molecule has 1 saturated carbocycles. The third-order valence-electron chi connectivity index (χ3n) is 4.61. The Morgan fingerprint density at radius 1 is 1.29 bits per heavy atom. The van der Waals surface area contributed by atoms with Crippen LogP contribution in [0.25, 0.3) is 11.0 Å². The molecule has 1 aromatic carbocycles. The van der Waals surface area contributed by atoms with Crippen molar-refractivity contribution >= 4 is 11.0 Å². The van der Waals surface area contributed by atoms with Crippen molar-refractivity contribution in [1.82, 2.24) is 9.55 Å². The minimum atomic E-state index is -0.231. The number of halogens is 1. The highest BCUT2D eigenvalue weighted by Gasteiger charge is 2.27. The zero-order valence-corrected chi connectivity index (χ0v) is 12.7. The van der Waals surface area contributed by atoms with Gasteiger partial charge in [0.1, 0.15) is 11.3 Å². The van der Waals surface area contributed by atoms with Gasteiger partial charge in [-0.2, -0.15) is 0 Å². The van der Waals surface area contributed by atoms with Crippen LogP contribution in [0.4, 0.5) is 4.39 Å². The molecule has 0 bridgehead atoms. The molecule has 4 heteroatoms. The lowest BCUT2D eigenvalue weighted by molar-refractivity contribution is 0.463. The Labute approximate surface area is 125 Å². The average Bonchev–Trinajstić information content (AvgIpc) is 2.69. The first-order chi connectivity index (χ1) is 10.2. The lowest BCUT2D eigenvalue weighted by Crippen LogP contribution is -2.29. The Morgan fingerprint density at radius 2 is 2.10 bits per heavy atom. The molecule has 2 N–H and O–H groups in total. The van der Waals surface area contributed by atoms with Crippen molar-refractivity contribution in [2.45, 2.75) is 64.0 Å². The number of hydrogen-bond acceptors (Lipinski definition) is 2. The number of aryl methyl sites for hydroxylation is 1. The van der Waals surface area contributed by atoms with Crippen LogP contribution in [0.5, 0.6) is 0 Å². The normalized spacial score (nSPS) is 23.4. The Balaban J connectivity index is 2.11.